The molecule has 7 nitrogen and oxygen atoms in total. The van der Waals surface area contributed by atoms with Crippen molar-refractivity contribution in [3.05, 3.63) is 70.9 Å². The molecule has 0 unspecified atom stereocenters. The molecule has 0 bridgehead atoms. The van der Waals surface area contributed by atoms with Crippen LogP contribution in [0.25, 0.3) is 0 Å². The average molecular weight is 530 g/mol. The zero-order valence-corrected chi connectivity index (χ0v) is 22.3. The van der Waals surface area contributed by atoms with Gasteiger partial charge >= 0.3 is 0 Å². The van der Waals surface area contributed by atoms with E-state index in [1.165, 1.54) is 37.9 Å². The van der Waals surface area contributed by atoms with Crippen molar-refractivity contribution >= 4 is 34.8 Å². The van der Waals surface area contributed by atoms with Gasteiger partial charge in [-0.1, -0.05) is 36.2 Å². The van der Waals surface area contributed by atoms with Crippen LogP contribution in [0.1, 0.15) is 43.2 Å². The largest absolute Gasteiger partial charge is 0.473 e. The van der Waals surface area contributed by atoms with E-state index in [9.17, 15) is 4.79 Å². The van der Waals surface area contributed by atoms with Crippen molar-refractivity contribution in [3.8, 4) is 5.88 Å². The Bertz CT molecular complexity index is 980. The number of ether oxygens (including phenoxy) is 1. The second-order valence-corrected chi connectivity index (χ2v) is 9.61. The van der Waals surface area contributed by atoms with E-state index in [1.54, 1.807) is 6.20 Å². The molecular formula is C27H36ClN5O2S. The van der Waals surface area contributed by atoms with Crippen LogP contribution in [0.4, 0.5) is 0 Å². The molecular weight excluding hydrogens is 494 g/mol. The Kier molecular flexibility index (Phi) is 12.5. The first-order chi connectivity index (χ1) is 17.6. The van der Waals surface area contributed by atoms with E-state index in [0.29, 0.717) is 55.1 Å². The predicted molar refractivity (Wildman–Crippen MR) is 149 cm³/mol. The molecule has 1 aromatic carbocycles. The van der Waals surface area contributed by atoms with Gasteiger partial charge in [0.15, 0.2) is 5.11 Å². The summed E-state index contributed by atoms with van der Waals surface area (Å²) in [5.74, 6) is 0.640. The fourth-order valence-corrected chi connectivity index (χ4v) is 4.15. The number of nitrogens with one attached hydrogen (secondary N) is 3. The summed E-state index contributed by atoms with van der Waals surface area (Å²) in [5.41, 5.74) is 2.32. The lowest BCUT2D eigenvalue weighted by Gasteiger charge is -2.26. The van der Waals surface area contributed by atoms with E-state index < -0.39 is 0 Å². The normalized spacial score (nSPS) is 13.9. The first-order valence-corrected chi connectivity index (χ1v) is 13.3. The fraction of sp³-hybridized carbons (Fsp3) is 0.444. The van der Waals surface area contributed by atoms with Crippen molar-refractivity contribution in [1.29, 1.82) is 0 Å². The van der Waals surface area contributed by atoms with Gasteiger partial charge in [-0.3, -0.25) is 9.69 Å². The zero-order valence-electron chi connectivity index (χ0n) is 20.7. The number of rotatable bonds is 13. The van der Waals surface area contributed by atoms with Gasteiger partial charge in [-0.05, 0) is 80.0 Å². The van der Waals surface area contributed by atoms with Crippen molar-refractivity contribution in [2.75, 3.05) is 32.8 Å². The minimum absolute atomic E-state index is 0.00879. The lowest BCUT2D eigenvalue weighted by Crippen LogP contribution is -2.35. The first kappa shape index (κ1) is 27.9. The highest BCUT2D eigenvalue weighted by atomic mass is 35.5. The summed E-state index contributed by atoms with van der Waals surface area (Å²) in [6.07, 6.45) is 10.6. The second kappa shape index (κ2) is 16.1. The molecule has 2 heterocycles. The van der Waals surface area contributed by atoms with Crippen molar-refractivity contribution < 1.29 is 9.53 Å². The number of piperidine rings is 1. The van der Waals surface area contributed by atoms with E-state index >= 15 is 0 Å². The number of hydrogen-bond acceptors (Lipinski definition) is 5. The average Bonchev–Trinajstić information content (AvgIpc) is 2.89. The van der Waals surface area contributed by atoms with Gasteiger partial charge in [-0.2, -0.15) is 0 Å². The van der Waals surface area contributed by atoms with Gasteiger partial charge in [0.1, 0.15) is 6.61 Å². The van der Waals surface area contributed by atoms with Crippen LogP contribution in [0, 0.1) is 0 Å². The molecule has 1 saturated heterocycles. The van der Waals surface area contributed by atoms with Crippen LogP contribution in [0.2, 0.25) is 5.02 Å². The molecule has 0 atom stereocenters. The number of hydrogen-bond donors (Lipinski definition) is 3. The maximum Gasteiger partial charge on any atom is 0.220 e. The molecule has 1 aliphatic heterocycles. The van der Waals surface area contributed by atoms with E-state index in [0.717, 1.165) is 12.1 Å². The number of amides is 1. The summed E-state index contributed by atoms with van der Waals surface area (Å²) in [4.78, 5) is 18.8. The Balaban J connectivity index is 1.20. The van der Waals surface area contributed by atoms with E-state index in [4.69, 9.17) is 28.6 Å². The maximum absolute atomic E-state index is 12.0. The zero-order chi connectivity index (χ0) is 25.4. The fourth-order valence-electron chi connectivity index (χ4n) is 3.85. The quantitative estimate of drug-likeness (QED) is 0.204. The molecule has 3 N–H and O–H groups in total. The number of halogens is 1. The number of nitrogens with zero attached hydrogens (tertiary/aromatic N) is 2. The van der Waals surface area contributed by atoms with Gasteiger partial charge in [0.05, 0.1) is 0 Å². The summed E-state index contributed by atoms with van der Waals surface area (Å²) in [6, 6.07) is 11.7. The van der Waals surface area contributed by atoms with Crippen LogP contribution in [-0.2, 0) is 17.9 Å². The third kappa shape index (κ3) is 11.4. The summed E-state index contributed by atoms with van der Waals surface area (Å²) < 4.78 is 5.74. The third-order valence-electron chi connectivity index (χ3n) is 5.80. The molecule has 2 aromatic rings. The Labute approximate surface area is 224 Å². The molecule has 1 aliphatic rings. The number of thiocarbonyl (C=S) groups is 1. The number of aromatic nitrogens is 1. The van der Waals surface area contributed by atoms with Crippen LogP contribution in [0.5, 0.6) is 5.88 Å². The van der Waals surface area contributed by atoms with E-state index in [2.05, 4.69) is 25.8 Å². The first-order valence-electron chi connectivity index (χ1n) is 12.6. The van der Waals surface area contributed by atoms with Gasteiger partial charge < -0.3 is 20.7 Å². The molecule has 0 spiro atoms. The van der Waals surface area contributed by atoms with Crippen molar-refractivity contribution in [1.82, 2.24) is 25.8 Å². The van der Waals surface area contributed by atoms with Gasteiger partial charge in [0.2, 0.25) is 11.8 Å². The molecule has 1 fully saturated rings. The monoisotopic (exact) mass is 529 g/mol. The second-order valence-electron chi connectivity index (χ2n) is 8.77. The molecule has 36 heavy (non-hydrogen) atoms. The van der Waals surface area contributed by atoms with Crippen LogP contribution in [0.3, 0.4) is 0 Å². The molecule has 1 aromatic heterocycles. The Morgan fingerprint density at radius 1 is 1.06 bits per heavy atom. The SMILES string of the molecule is O=C(CCCNC(=S)NCc1ccc(Cl)cc1)NC/C=C\COc1cc(CN2CCCCC2)ccn1. The van der Waals surface area contributed by atoms with Crippen LogP contribution in [0.15, 0.2) is 54.7 Å². The molecule has 0 aliphatic carbocycles. The van der Waals surface area contributed by atoms with Crippen molar-refractivity contribution in [2.24, 2.45) is 0 Å². The predicted octanol–water partition coefficient (Wildman–Crippen LogP) is 4.22. The number of likely N-dealkylation sites (tertiary alicyclic amines) is 1. The number of carbonyl (C=O) groups excluding carboxylic acids is 1. The molecule has 0 saturated carbocycles. The summed E-state index contributed by atoms with van der Waals surface area (Å²) >= 11 is 11.2. The summed E-state index contributed by atoms with van der Waals surface area (Å²) in [5, 5.41) is 10.4. The molecule has 9 heteroatoms. The molecule has 3 rings (SSSR count). The highest BCUT2D eigenvalue weighted by Crippen LogP contribution is 2.15. The van der Waals surface area contributed by atoms with Gasteiger partial charge in [-0.25, -0.2) is 4.98 Å². The Morgan fingerprint density at radius 2 is 1.86 bits per heavy atom. The Hall–Kier alpha value is -2.68. The smallest absolute Gasteiger partial charge is 0.220 e. The lowest BCUT2D eigenvalue weighted by atomic mass is 10.1. The van der Waals surface area contributed by atoms with Crippen LogP contribution < -0.4 is 20.7 Å². The van der Waals surface area contributed by atoms with Gasteiger partial charge in [0.25, 0.3) is 0 Å². The molecule has 0 radical (unpaired) electrons. The van der Waals surface area contributed by atoms with Gasteiger partial charge in [-0.15, -0.1) is 0 Å². The van der Waals surface area contributed by atoms with Crippen LogP contribution >= 0.6 is 23.8 Å². The topological polar surface area (TPSA) is 78.5 Å². The summed E-state index contributed by atoms with van der Waals surface area (Å²) in [7, 11) is 0. The van der Waals surface area contributed by atoms with Crippen molar-refractivity contribution in [2.45, 2.75) is 45.2 Å². The Morgan fingerprint density at radius 3 is 2.67 bits per heavy atom. The summed E-state index contributed by atoms with van der Waals surface area (Å²) in [6.45, 7) is 5.42. The van der Waals surface area contributed by atoms with Gasteiger partial charge in [0, 0.05) is 49.9 Å². The third-order valence-corrected chi connectivity index (χ3v) is 6.34. The standard InChI is InChI=1S/C27H36ClN5O2S/c28-24-10-8-22(9-11-24)20-32-27(36)31-14-6-7-25(34)29-13-2-5-18-35-26-19-23(12-15-30-26)21-33-16-3-1-4-17-33/h2,5,8-12,15,19H,1,3-4,6-7,13-14,16-18,20-21H2,(H,29,34)(H2,31,32,36)/b5-2-. The van der Waals surface area contributed by atoms with E-state index in [-0.39, 0.29) is 5.91 Å². The number of benzene rings is 1. The van der Waals surface area contributed by atoms with Crippen LogP contribution in [-0.4, -0.2) is 53.7 Å². The minimum atomic E-state index is 0.00879. The lowest BCUT2D eigenvalue weighted by molar-refractivity contribution is -0.120. The number of pyridine rings is 1. The van der Waals surface area contributed by atoms with E-state index in [1.807, 2.05) is 48.6 Å². The van der Waals surface area contributed by atoms with Crippen molar-refractivity contribution in [3.63, 3.8) is 0 Å². The number of carbonyl (C=O) groups is 1. The highest BCUT2D eigenvalue weighted by molar-refractivity contribution is 7.80. The maximum atomic E-state index is 12.0. The highest BCUT2D eigenvalue weighted by Gasteiger charge is 2.10. The molecule has 1 amide bonds. The molecule has 194 valence electrons. The minimum Gasteiger partial charge on any atom is -0.473 e.